The monoisotopic (exact) mass is 396 g/mol. The van der Waals surface area contributed by atoms with Gasteiger partial charge in [-0.05, 0) is 61.9 Å². The number of nitrogens with zero attached hydrogens (tertiary/aromatic N) is 2. The molecule has 1 heterocycles. The molecule has 1 aliphatic heterocycles. The molecule has 3 rings (SSSR count). The molecule has 154 valence electrons. The molecule has 1 fully saturated rings. The number of phenols is 1. The molecular weight excluding hydrogens is 368 g/mol. The summed E-state index contributed by atoms with van der Waals surface area (Å²) in [5.74, 6) is 1.66. The minimum atomic E-state index is 0.00204. The van der Waals surface area contributed by atoms with Gasteiger partial charge in [-0.2, -0.15) is 0 Å². The van der Waals surface area contributed by atoms with Crippen molar-refractivity contribution in [2.45, 2.75) is 13.8 Å². The fourth-order valence-corrected chi connectivity index (χ4v) is 3.29. The van der Waals surface area contributed by atoms with E-state index in [0.29, 0.717) is 37.8 Å². The van der Waals surface area contributed by atoms with Gasteiger partial charge < -0.3 is 24.4 Å². The molecule has 0 aliphatic carbocycles. The average Bonchev–Trinajstić information content (AvgIpc) is 2.74. The SMILES string of the molecule is CCOc1ccc(/C=C/C(=O)N2CCN(c3ccc(O)cc3)CC2)cc1OCC. The van der Waals surface area contributed by atoms with Crippen LogP contribution >= 0.6 is 0 Å². The number of carbonyl (C=O) groups excluding carboxylic acids is 1. The molecule has 1 amide bonds. The van der Waals surface area contributed by atoms with E-state index in [0.717, 1.165) is 24.3 Å². The van der Waals surface area contributed by atoms with E-state index in [9.17, 15) is 9.90 Å². The number of carbonyl (C=O) groups is 1. The van der Waals surface area contributed by atoms with Crippen molar-refractivity contribution in [2.75, 3.05) is 44.3 Å². The third-order valence-corrected chi connectivity index (χ3v) is 4.79. The minimum absolute atomic E-state index is 0.00204. The van der Waals surface area contributed by atoms with E-state index >= 15 is 0 Å². The molecular formula is C23H28N2O4. The summed E-state index contributed by atoms with van der Waals surface area (Å²) in [5.41, 5.74) is 1.95. The Bertz CT molecular complexity index is 840. The minimum Gasteiger partial charge on any atom is -0.508 e. The lowest BCUT2D eigenvalue weighted by Crippen LogP contribution is -2.48. The van der Waals surface area contributed by atoms with Gasteiger partial charge in [0.15, 0.2) is 11.5 Å². The van der Waals surface area contributed by atoms with Crippen molar-refractivity contribution < 1.29 is 19.4 Å². The number of rotatable bonds is 7. The van der Waals surface area contributed by atoms with Crippen LogP contribution in [-0.4, -0.2) is 55.3 Å². The van der Waals surface area contributed by atoms with Crippen molar-refractivity contribution >= 4 is 17.7 Å². The number of benzene rings is 2. The van der Waals surface area contributed by atoms with Crippen LogP contribution in [0.2, 0.25) is 0 Å². The quantitative estimate of drug-likeness (QED) is 0.725. The molecule has 2 aromatic carbocycles. The van der Waals surface area contributed by atoms with Crippen LogP contribution in [-0.2, 0) is 4.79 Å². The van der Waals surface area contributed by atoms with Crippen LogP contribution in [0.4, 0.5) is 5.69 Å². The highest BCUT2D eigenvalue weighted by atomic mass is 16.5. The molecule has 2 aromatic rings. The third-order valence-electron chi connectivity index (χ3n) is 4.79. The van der Waals surface area contributed by atoms with Crippen LogP contribution in [0.15, 0.2) is 48.5 Å². The molecule has 0 radical (unpaired) electrons. The Morgan fingerprint density at radius 3 is 2.28 bits per heavy atom. The summed E-state index contributed by atoms with van der Waals surface area (Å²) in [5, 5.41) is 9.42. The number of hydrogen-bond donors (Lipinski definition) is 1. The summed E-state index contributed by atoms with van der Waals surface area (Å²) in [7, 11) is 0. The molecule has 6 heteroatoms. The van der Waals surface area contributed by atoms with E-state index in [-0.39, 0.29) is 11.7 Å². The lowest BCUT2D eigenvalue weighted by atomic mass is 10.1. The van der Waals surface area contributed by atoms with Crippen molar-refractivity contribution in [2.24, 2.45) is 0 Å². The number of hydrogen-bond acceptors (Lipinski definition) is 5. The van der Waals surface area contributed by atoms with Gasteiger partial charge in [-0.15, -0.1) is 0 Å². The lowest BCUT2D eigenvalue weighted by molar-refractivity contribution is -0.126. The zero-order valence-corrected chi connectivity index (χ0v) is 17.0. The first-order valence-electron chi connectivity index (χ1n) is 10.0. The van der Waals surface area contributed by atoms with Gasteiger partial charge in [-0.25, -0.2) is 0 Å². The maximum atomic E-state index is 12.6. The second-order valence-electron chi connectivity index (χ2n) is 6.73. The van der Waals surface area contributed by atoms with E-state index in [1.165, 1.54) is 0 Å². The second kappa shape index (κ2) is 9.87. The summed E-state index contributed by atoms with van der Waals surface area (Å²) < 4.78 is 11.2. The summed E-state index contributed by atoms with van der Waals surface area (Å²) >= 11 is 0. The fourth-order valence-electron chi connectivity index (χ4n) is 3.29. The molecule has 1 N–H and O–H groups in total. The molecule has 29 heavy (non-hydrogen) atoms. The Balaban J connectivity index is 1.58. The standard InChI is InChI=1S/C23H28N2O4/c1-3-28-21-11-5-18(17-22(21)29-4-2)6-12-23(27)25-15-13-24(14-16-25)19-7-9-20(26)10-8-19/h5-12,17,26H,3-4,13-16H2,1-2H3/b12-6+. The van der Waals surface area contributed by atoms with Crippen LogP contribution in [0.3, 0.4) is 0 Å². The Hall–Kier alpha value is -3.15. The molecule has 0 unspecified atom stereocenters. The maximum Gasteiger partial charge on any atom is 0.246 e. The van der Waals surface area contributed by atoms with Crippen LogP contribution in [0.25, 0.3) is 6.08 Å². The van der Waals surface area contributed by atoms with E-state index in [2.05, 4.69) is 4.90 Å². The molecule has 0 aromatic heterocycles. The normalized spacial score (nSPS) is 14.3. The predicted octanol–water partition coefficient (Wildman–Crippen LogP) is 3.55. The summed E-state index contributed by atoms with van der Waals surface area (Å²) in [6.07, 6.45) is 3.43. The number of piperazine rings is 1. The molecule has 0 spiro atoms. The predicted molar refractivity (Wildman–Crippen MR) is 115 cm³/mol. The first kappa shape index (κ1) is 20.6. The van der Waals surface area contributed by atoms with Crippen LogP contribution in [0.1, 0.15) is 19.4 Å². The van der Waals surface area contributed by atoms with Crippen molar-refractivity contribution in [1.29, 1.82) is 0 Å². The van der Waals surface area contributed by atoms with Gasteiger partial charge in [-0.1, -0.05) is 6.07 Å². The highest BCUT2D eigenvalue weighted by molar-refractivity contribution is 5.92. The molecule has 0 atom stereocenters. The smallest absolute Gasteiger partial charge is 0.246 e. The summed E-state index contributed by atoms with van der Waals surface area (Å²) in [4.78, 5) is 16.6. The topological polar surface area (TPSA) is 62.2 Å². The largest absolute Gasteiger partial charge is 0.508 e. The molecule has 1 saturated heterocycles. The Morgan fingerprint density at radius 2 is 1.62 bits per heavy atom. The van der Waals surface area contributed by atoms with Gasteiger partial charge in [0.2, 0.25) is 5.91 Å². The number of ether oxygens (including phenoxy) is 2. The van der Waals surface area contributed by atoms with Crippen molar-refractivity contribution in [3.8, 4) is 17.2 Å². The molecule has 0 bridgehead atoms. The van der Waals surface area contributed by atoms with Crippen LogP contribution < -0.4 is 14.4 Å². The highest BCUT2D eigenvalue weighted by Crippen LogP contribution is 2.29. The lowest BCUT2D eigenvalue weighted by Gasteiger charge is -2.35. The number of anilines is 1. The van der Waals surface area contributed by atoms with Gasteiger partial charge in [0.05, 0.1) is 13.2 Å². The third kappa shape index (κ3) is 5.44. The summed E-state index contributed by atoms with van der Waals surface area (Å²) in [6, 6.07) is 12.8. The van der Waals surface area contributed by atoms with Crippen LogP contribution in [0, 0.1) is 0 Å². The van der Waals surface area contributed by atoms with Gasteiger partial charge >= 0.3 is 0 Å². The average molecular weight is 396 g/mol. The zero-order valence-electron chi connectivity index (χ0n) is 17.0. The maximum absolute atomic E-state index is 12.6. The Labute approximate surface area is 172 Å². The Kier molecular flexibility index (Phi) is 7.00. The van der Waals surface area contributed by atoms with Crippen molar-refractivity contribution in [3.05, 3.63) is 54.1 Å². The van der Waals surface area contributed by atoms with Crippen molar-refractivity contribution in [3.63, 3.8) is 0 Å². The molecule has 6 nitrogen and oxygen atoms in total. The van der Waals surface area contributed by atoms with E-state index in [1.54, 1.807) is 18.2 Å². The Morgan fingerprint density at radius 1 is 0.966 bits per heavy atom. The number of aromatic hydroxyl groups is 1. The summed E-state index contributed by atoms with van der Waals surface area (Å²) in [6.45, 7) is 7.85. The van der Waals surface area contributed by atoms with E-state index in [4.69, 9.17) is 9.47 Å². The van der Waals surface area contributed by atoms with Crippen LogP contribution in [0.5, 0.6) is 17.2 Å². The van der Waals surface area contributed by atoms with Gasteiger partial charge in [-0.3, -0.25) is 4.79 Å². The first-order valence-corrected chi connectivity index (χ1v) is 10.0. The highest BCUT2D eigenvalue weighted by Gasteiger charge is 2.19. The van der Waals surface area contributed by atoms with Crippen molar-refractivity contribution in [1.82, 2.24) is 4.90 Å². The van der Waals surface area contributed by atoms with Gasteiger partial charge in [0.25, 0.3) is 0 Å². The van der Waals surface area contributed by atoms with Gasteiger partial charge in [0.1, 0.15) is 5.75 Å². The number of phenolic OH excluding ortho intramolecular Hbond substituents is 1. The molecule has 0 saturated carbocycles. The fraction of sp³-hybridized carbons (Fsp3) is 0.348. The van der Waals surface area contributed by atoms with Gasteiger partial charge in [0, 0.05) is 37.9 Å². The zero-order chi connectivity index (χ0) is 20.6. The first-order chi connectivity index (χ1) is 14.1. The van der Waals surface area contributed by atoms with E-state index < -0.39 is 0 Å². The van der Waals surface area contributed by atoms with E-state index in [1.807, 2.05) is 55.2 Å². The number of amides is 1. The second-order valence-corrected chi connectivity index (χ2v) is 6.73. The molecule has 1 aliphatic rings.